The van der Waals surface area contributed by atoms with E-state index in [2.05, 4.69) is 19.2 Å². The van der Waals surface area contributed by atoms with Gasteiger partial charge in [0.1, 0.15) is 6.23 Å². The Labute approximate surface area is 85.4 Å². The Balaban J connectivity index is 2.99. The molecule has 0 aliphatic heterocycles. The molecule has 0 amide bonds. The lowest BCUT2D eigenvalue weighted by Crippen LogP contribution is -2.33. The van der Waals surface area contributed by atoms with Gasteiger partial charge in [-0.25, -0.2) is 0 Å². The summed E-state index contributed by atoms with van der Waals surface area (Å²) in [6.07, 6.45) is 0.466. The predicted octanol–water partition coefficient (Wildman–Crippen LogP) is 1.20. The van der Waals surface area contributed by atoms with E-state index in [0.29, 0.717) is 19.1 Å². The minimum Gasteiger partial charge on any atom is -0.380 e. The molecular formula is C9H20ClNO2. The summed E-state index contributed by atoms with van der Waals surface area (Å²) in [4.78, 5) is 0. The second kappa shape index (κ2) is 8.75. The highest BCUT2D eigenvalue weighted by Crippen LogP contribution is 1.98. The molecule has 0 aromatic heterocycles. The summed E-state index contributed by atoms with van der Waals surface area (Å²) in [7, 11) is 0. The fourth-order valence-corrected chi connectivity index (χ4v) is 0.882. The lowest BCUT2D eigenvalue weighted by Gasteiger charge is -2.10. The normalized spacial score (nSPS) is 13.6. The molecule has 0 saturated carbocycles. The van der Waals surface area contributed by atoms with Crippen LogP contribution >= 0.6 is 11.6 Å². The van der Waals surface area contributed by atoms with Gasteiger partial charge in [-0.3, -0.25) is 5.32 Å². The number of alkyl halides is 1. The molecule has 1 atom stereocenters. The number of aliphatic hydroxyl groups excluding tert-OH is 1. The number of aliphatic hydroxyl groups is 1. The summed E-state index contributed by atoms with van der Waals surface area (Å²) in [6.45, 7) is 6.39. The Morgan fingerprint density at radius 3 is 2.62 bits per heavy atom. The third-order valence-corrected chi connectivity index (χ3v) is 1.90. The van der Waals surface area contributed by atoms with Crippen molar-refractivity contribution in [3.8, 4) is 0 Å². The lowest BCUT2D eigenvalue weighted by molar-refractivity contribution is 0.102. The quantitative estimate of drug-likeness (QED) is 0.359. The fraction of sp³-hybridized carbons (Fsp3) is 1.00. The van der Waals surface area contributed by atoms with Crippen LogP contribution in [-0.4, -0.2) is 37.0 Å². The average molecular weight is 210 g/mol. The first-order valence-corrected chi connectivity index (χ1v) is 5.25. The number of hydrogen-bond acceptors (Lipinski definition) is 3. The molecule has 1 unspecified atom stereocenters. The zero-order chi connectivity index (χ0) is 10.1. The number of hydrogen-bond donors (Lipinski definition) is 2. The Morgan fingerprint density at radius 2 is 2.08 bits per heavy atom. The van der Waals surface area contributed by atoms with E-state index in [0.717, 1.165) is 13.0 Å². The van der Waals surface area contributed by atoms with E-state index < -0.39 is 6.23 Å². The molecule has 0 spiro atoms. The van der Waals surface area contributed by atoms with Gasteiger partial charge in [0.2, 0.25) is 0 Å². The van der Waals surface area contributed by atoms with Crippen molar-refractivity contribution in [3.63, 3.8) is 0 Å². The van der Waals surface area contributed by atoms with Crippen LogP contribution < -0.4 is 5.32 Å². The van der Waals surface area contributed by atoms with Gasteiger partial charge in [0.05, 0.1) is 12.5 Å². The van der Waals surface area contributed by atoms with Crippen LogP contribution in [0.4, 0.5) is 0 Å². The summed E-state index contributed by atoms with van der Waals surface area (Å²) in [5, 5.41) is 11.8. The molecule has 0 rings (SSSR count). The molecule has 80 valence electrons. The van der Waals surface area contributed by atoms with Crippen molar-refractivity contribution in [1.29, 1.82) is 0 Å². The SMILES string of the molecule is CC(C)CCOCCNC(O)CCl. The summed E-state index contributed by atoms with van der Waals surface area (Å²) in [6, 6.07) is 0. The van der Waals surface area contributed by atoms with Gasteiger partial charge in [0.15, 0.2) is 0 Å². The maximum Gasteiger partial charge on any atom is 0.118 e. The minimum atomic E-state index is -0.615. The highest BCUT2D eigenvalue weighted by atomic mass is 35.5. The van der Waals surface area contributed by atoms with Crippen LogP contribution in [0.1, 0.15) is 20.3 Å². The van der Waals surface area contributed by atoms with Gasteiger partial charge in [0, 0.05) is 13.2 Å². The van der Waals surface area contributed by atoms with Crippen LogP contribution in [0.5, 0.6) is 0 Å². The topological polar surface area (TPSA) is 41.5 Å². The summed E-state index contributed by atoms with van der Waals surface area (Å²) < 4.78 is 5.32. The van der Waals surface area contributed by atoms with Crippen molar-refractivity contribution in [2.75, 3.05) is 25.6 Å². The zero-order valence-electron chi connectivity index (χ0n) is 8.42. The summed E-state index contributed by atoms with van der Waals surface area (Å²) in [5.41, 5.74) is 0. The predicted molar refractivity (Wildman–Crippen MR) is 55.0 cm³/mol. The Bertz CT molecular complexity index is 112. The van der Waals surface area contributed by atoms with Crippen LogP contribution in [-0.2, 0) is 4.74 Å². The molecule has 0 bridgehead atoms. The van der Waals surface area contributed by atoms with Crippen molar-refractivity contribution in [2.45, 2.75) is 26.5 Å². The Hall–Kier alpha value is 0.170. The van der Waals surface area contributed by atoms with Gasteiger partial charge in [-0.15, -0.1) is 11.6 Å². The molecule has 13 heavy (non-hydrogen) atoms. The molecule has 0 aromatic carbocycles. The minimum absolute atomic E-state index is 0.214. The van der Waals surface area contributed by atoms with Gasteiger partial charge in [0.25, 0.3) is 0 Å². The van der Waals surface area contributed by atoms with Crippen molar-refractivity contribution in [1.82, 2.24) is 5.32 Å². The molecule has 3 nitrogen and oxygen atoms in total. The average Bonchev–Trinajstić information content (AvgIpc) is 2.10. The number of ether oxygens (including phenoxy) is 1. The van der Waals surface area contributed by atoms with Crippen LogP contribution in [0.2, 0.25) is 0 Å². The van der Waals surface area contributed by atoms with E-state index >= 15 is 0 Å². The lowest BCUT2D eigenvalue weighted by atomic mass is 10.1. The van der Waals surface area contributed by atoms with Crippen molar-refractivity contribution in [3.05, 3.63) is 0 Å². The maximum absolute atomic E-state index is 9.00. The first kappa shape index (κ1) is 13.2. The van der Waals surface area contributed by atoms with Gasteiger partial charge in [-0.2, -0.15) is 0 Å². The molecule has 4 heteroatoms. The Kier molecular flexibility index (Phi) is 8.87. The smallest absolute Gasteiger partial charge is 0.118 e. The van der Waals surface area contributed by atoms with Crippen LogP contribution in [0.25, 0.3) is 0 Å². The largest absolute Gasteiger partial charge is 0.380 e. The third-order valence-electron chi connectivity index (χ3n) is 1.61. The van der Waals surface area contributed by atoms with E-state index in [-0.39, 0.29) is 5.88 Å². The first-order valence-electron chi connectivity index (χ1n) is 4.72. The second-order valence-corrected chi connectivity index (χ2v) is 3.73. The van der Waals surface area contributed by atoms with Gasteiger partial charge in [-0.05, 0) is 12.3 Å². The standard InChI is InChI=1S/C9H20ClNO2/c1-8(2)3-5-13-6-4-11-9(12)7-10/h8-9,11-12H,3-7H2,1-2H3. The van der Waals surface area contributed by atoms with Gasteiger partial charge in [-0.1, -0.05) is 13.8 Å². The van der Waals surface area contributed by atoms with E-state index in [1.165, 1.54) is 0 Å². The molecule has 0 aliphatic carbocycles. The molecular weight excluding hydrogens is 190 g/mol. The van der Waals surface area contributed by atoms with E-state index in [4.69, 9.17) is 21.4 Å². The molecule has 0 fully saturated rings. The molecule has 0 heterocycles. The zero-order valence-corrected chi connectivity index (χ0v) is 9.18. The molecule has 0 aliphatic rings. The monoisotopic (exact) mass is 209 g/mol. The third kappa shape index (κ3) is 10.1. The van der Waals surface area contributed by atoms with Crippen LogP contribution in [0.15, 0.2) is 0 Å². The number of nitrogens with one attached hydrogen (secondary N) is 1. The van der Waals surface area contributed by atoms with Gasteiger partial charge >= 0.3 is 0 Å². The van der Waals surface area contributed by atoms with Crippen molar-refractivity contribution < 1.29 is 9.84 Å². The van der Waals surface area contributed by atoms with E-state index in [9.17, 15) is 0 Å². The fourth-order valence-electron chi connectivity index (χ4n) is 0.773. The number of halogens is 1. The summed E-state index contributed by atoms with van der Waals surface area (Å²) >= 11 is 5.38. The van der Waals surface area contributed by atoms with Crippen LogP contribution in [0, 0.1) is 5.92 Å². The first-order chi connectivity index (χ1) is 6.16. The highest BCUT2D eigenvalue weighted by Gasteiger charge is 1.98. The molecule has 2 N–H and O–H groups in total. The van der Waals surface area contributed by atoms with E-state index in [1.54, 1.807) is 0 Å². The maximum atomic E-state index is 9.00. The van der Waals surface area contributed by atoms with Gasteiger partial charge < -0.3 is 9.84 Å². The molecule has 0 saturated heterocycles. The summed E-state index contributed by atoms with van der Waals surface area (Å²) in [5.74, 6) is 0.896. The Morgan fingerprint density at radius 1 is 1.38 bits per heavy atom. The second-order valence-electron chi connectivity index (χ2n) is 3.42. The number of rotatable bonds is 8. The molecule has 0 aromatic rings. The van der Waals surface area contributed by atoms with E-state index in [1.807, 2.05) is 0 Å². The molecule has 0 radical (unpaired) electrons. The van der Waals surface area contributed by atoms with Crippen molar-refractivity contribution in [2.24, 2.45) is 5.92 Å². The highest BCUT2D eigenvalue weighted by molar-refractivity contribution is 6.18. The van der Waals surface area contributed by atoms with Crippen LogP contribution in [0.3, 0.4) is 0 Å². The van der Waals surface area contributed by atoms with Crippen molar-refractivity contribution >= 4 is 11.6 Å².